The summed E-state index contributed by atoms with van der Waals surface area (Å²) in [4.78, 5) is 18.0. The van der Waals surface area contributed by atoms with Gasteiger partial charge in [-0.05, 0) is 35.7 Å². The van der Waals surface area contributed by atoms with E-state index in [-0.39, 0.29) is 6.03 Å². The van der Waals surface area contributed by atoms with Crippen molar-refractivity contribution in [1.82, 2.24) is 20.5 Å². The zero-order valence-electron chi connectivity index (χ0n) is 17.3. The summed E-state index contributed by atoms with van der Waals surface area (Å²) in [6, 6.07) is 13.9. The molecule has 0 spiro atoms. The number of methoxy groups -OCH3 is 1. The number of hydrogen-bond acceptors (Lipinski definition) is 4. The minimum atomic E-state index is -0.198. The smallest absolute Gasteiger partial charge is 0.319 e. The van der Waals surface area contributed by atoms with Gasteiger partial charge in [0.25, 0.3) is 0 Å². The van der Waals surface area contributed by atoms with Crippen molar-refractivity contribution in [2.24, 2.45) is 0 Å². The Kier molecular flexibility index (Phi) is 6.51. The van der Waals surface area contributed by atoms with Crippen LogP contribution in [-0.2, 0) is 6.42 Å². The zero-order chi connectivity index (χ0) is 20.8. The van der Waals surface area contributed by atoms with Gasteiger partial charge in [0.05, 0.1) is 7.11 Å². The summed E-state index contributed by atoms with van der Waals surface area (Å²) < 4.78 is 5.45. The van der Waals surface area contributed by atoms with E-state index in [0.717, 1.165) is 61.7 Å². The Bertz CT molecular complexity index is 994. The summed E-state index contributed by atoms with van der Waals surface area (Å²) in [7, 11) is 1.64. The molecule has 1 aliphatic rings. The third-order valence-electron chi connectivity index (χ3n) is 5.45. The number of rotatable bonds is 7. The Hall–Kier alpha value is -3.03. The molecule has 1 fully saturated rings. The number of aromatic amines is 1. The van der Waals surface area contributed by atoms with Crippen LogP contribution < -0.4 is 20.7 Å². The molecule has 0 saturated carbocycles. The van der Waals surface area contributed by atoms with Crippen molar-refractivity contribution < 1.29 is 9.53 Å². The number of carbonyl (C=O) groups excluding carboxylic acids is 1. The van der Waals surface area contributed by atoms with E-state index < -0.39 is 0 Å². The minimum absolute atomic E-state index is 0.198. The van der Waals surface area contributed by atoms with E-state index in [0.29, 0.717) is 6.54 Å². The summed E-state index contributed by atoms with van der Waals surface area (Å²) in [5, 5.41) is 10.4. The van der Waals surface area contributed by atoms with Crippen LogP contribution >= 0.6 is 0 Å². The molecule has 30 heavy (non-hydrogen) atoms. The molecular formula is C23H29N5O2. The van der Waals surface area contributed by atoms with Crippen molar-refractivity contribution in [1.29, 1.82) is 0 Å². The molecule has 3 aromatic rings. The van der Waals surface area contributed by atoms with Crippen molar-refractivity contribution in [3.05, 3.63) is 59.8 Å². The van der Waals surface area contributed by atoms with Gasteiger partial charge in [-0.1, -0.05) is 18.2 Å². The van der Waals surface area contributed by atoms with E-state index in [1.54, 1.807) is 7.11 Å². The van der Waals surface area contributed by atoms with Crippen LogP contribution in [0.25, 0.3) is 10.9 Å². The van der Waals surface area contributed by atoms with Gasteiger partial charge in [-0.3, -0.25) is 4.90 Å². The topological polar surface area (TPSA) is 81.4 Å². The molecule has 1 saturated heterocycles. The summed E-state index contributed by atoms with van der Waals surface area (Å²) in [5.41, 5.74) is 4.14. The second kappa shape index (κ2) is 9.65. The van der Waals surface area contributed by atoms with Crippen LogP contribution in [0, 0.1) is 0 Å². The number of urea groups is 1. The molecule has 2 heterocycles. The Balaban J connectivity index is 1.39. The third-order valence-corrected chi connectivity index (χ3v) is 5.45. The summed E-state index contributed by atoms with van der Waals surface area (Å²) >= 11 is 0. The number of para-hydroxylation sites is 1. The number of amides is 2. The number of nitrogens with one attached hydrogen (secondary N) is 4. The first-order chi connectivity index (χ1) is 14.7. The highest BCUT2D eigenvalue weighted by Gasteiger charge is 2.11. The Labute approximate surface area is 176 Å². The third kappa shape index (κ3) is 5.11. The number of hydrogen-bond donors (Lipinski definition) is 4. The molecule has 4 N–H and O–H groups in total. The van der Waals surface area contributed by atoms with Crippen molar-refractivity contribution in [2.75, 3.05) is 51.7 Å². The number of fused-ring (bicyclic) bond motifs is 1. The number of benzene rings is 2. The number of carbonyl (C=O) groups is 1. The largest absolute Gasteiger partial charge is 0.497 e. The number of anilines is 1. The summed E-state index contributed by atoms with van der Waals surface area (Å²) in [6.07, 6.45) is 2.79. The lowest BCUT2D eigenvalue weighted by Gasteiger charge is -2.27. The molecule has 0 atom stereocenters. The van der Waals surface area contributed by atoms with Crippen LogP contribution in [0.3, 0.4) is 0 Å². The van der Waals surface area contributed by atoms with Crippen LogP contribution in [0.5, 0.6) is 5.75 Å². The Morgan fingerprint density at radius 1 is 1.17 bits per heavy atom. The Morgan fingerprint density at radius 3 is 2.83 bits per heavy atom. The Morgan fingerprint density at radius 2 is 2.00 bits per heavy atom. The predicted molar refractivity (Wildman–Crippen MR) is 120 cm³/mol. The number of ether oxygens (including phenoxy) is 1. The maximum absolute atomic E-state index is 12.4. The van der Waals surface area contributed by atoms with Crippen molar-refractivity contribution in [3.8, 4) is 5.75 Å². The highest BCUT2D eigenvalue weighted by atomic mass is 16.5. The van der Waals surface area contributed by atoms with E-state index in [4.69, 9.17) is 4.74 Å². The second-order valence-electron chi connectivity index (χ2n) is 7.58. The van der Waals surface area contributed by atoms with Crippen LogP contribution in [0.15, 0.2) is 48.7 Å². The lowest BCUT2D eigenvalue weighted by Crippen LogP contribution is -2.46. The maximum Gasteiger partial charge on any atom is 0.319 e. The fourth-order valence-electron chi connectivity index (χ4n) is 3.89. The molecule has 4 rings (SSSR count). The number of nitrogens with zero attached hydrogens (tertiary/aromatic N) is 1. The molecule has 2 aromatic carbocycles. The minimum Gasteiger partial charge on any atom is -0.497 e. The van der Waals surface area contributed by atoms with Gasteiger partial charge in [0.2, 0.25) is 0 Å². The first kappa shape index (κ1) is 20.3. The van der Waals surface area contributed by atoms with Crippen LogP contribution in [0.2, 0.25) is 0 Å². The van der Waals surface area contributed by atoms with Gasteiger partial charge in [-0.25, -0.2) is 4.79 Å². The van der Waals surface area contributed by atoms with Crippen molar-refractivity contribution in [2.45, 2.75) is 6.42 Å². The average molecular weight is 408 g/mol. The van der Waals surface area contributed by atoms with Gasteiger partial charge >= 0.3 is 6.03 Å². The summed E-state index contributed by atoms with van der Waals surface area (Å²) in [5.74, 6) is 0.725. The van der Waals surface area contributed by atoms with E-state index in [9.17, 15) is 4.79 Å². The van der Waals surface area contributed by atoms with Gasteiger partial charge in [-0.2, -0.15) is 0 Å². The molecule has 1 aromatic heterocycles. The highest BCUT2D eigenvalue weighted by molar-refractivity contribution is 5.89. The van der Waals surface area contributed by atoms with Gasteiger partial charge in [0, 0.05) is 68.1 Å². The number of piperazine rings is 1. The van der Waals surface area contributed by atoms with Crippen molar-refractivity contribution in [3.63, 3.8) is 0 Å². The van der Waals surface area contributed by atoms with E-state index in [2.05, 4.69) is 38.0 Å². The number of H-pyrrole nitrogens is 1. The predicted octanol–water partition coefficient (Wildman–Crippen LogP) is 2.79. The molecular weight excluding hydrogens is 378 g/mol. The molecule has 2 amide bonds. The number of aromatic nitrogens is 1. The van der Waals surface area contributed by atoms with Gasteiger partial charge in [0.15, 0.2) is 0 Å². The molecule has 158 valence electrons. The van der Waals surface area contributed by atoms with Crippen LogP contribution in [0.4, 0.5) is 10.5 Å². The fourth-order valence-corrected chi connectivity index (χ4v) is 3.89. The highest BCUT2D eigenvalue weighted by Crippen LogP contribution is 2.26. The maximum atomic E-state index is 12.4. The SMILES string of the molecule is COc1cc(Cc2c[nH]c3ccccc23)cc(NC(=O)NCCN2CCNCC2)c1. The lowest BCUT2D eigenvalue weighted by molar-refractivity contribution is 0.233. The van der Waals surface area contributed by atoms with Crippen LogP contribution in [0.1, 0.15) is 11.1 Å². The quantitative estimate of drug-likeness (QED) is 0.486. The van der Waals surface area contributed by atoms with Gasteiger partial charge in [-0.15, -0.1) is 0 Å². The molecule has 0 radical (unpaired) electrons. The second-order valence-corrected chi connectivity index (χ2v) is 7.58. The van der Waals surface area contributed by atoms with Crippen molar-refractivity contribution >= 4 is 22.6 Å². The zero-order valence-corrected chi connectivity index (χ0v) is 17.3. The lowest BCUT2D eigenvalue weighted by atomic mass is 10.0. The van der Waals surface area contributed by atoms with Gasteiger partial charge < -0.3 is 25.7 Å². The molecule has 7 nitrogen and oxygen atoms in total. The van der Waals surface area contributed by atoms with E-state index in [1.807, 2.05) is 36.5 Å². The average Bonchev–Trinajstić information content (AvgIpc) is 3.17. The fraction of sp³-hybridized carbons (Fsp3) is 0.348. The standard InChI is InChI=1S/C23H29N5O2/c1-30-20-14-17(12-18-16-26-22-5-3-2-4-21(18)22)13-19(15-20)27-23(29)25-8-11-28-9-6-24-7-10-28/h2-5,13-16,24,26H,6-12H2,1H3,(H2,25,27,29). The van der Waals surface area contributed by atoms with Gasteiger partial charge in [0.1, 0.15) is 5.75 Å². The normalized spacial score (nSPS) is 14.6. The molecule has 1 aliphatic heterocycles. The first-order valence-electron chi connectivity index (χ1n) is 10.4. The molecule has 0 bridgehead atoms. The molecule has 7 heteroatoms. The van der Waals surface area contributed by atoms with E-state index in [1.165, 1.54) is 10.9 Å². The summed E-state index contributed by atoms with van der Waals surface area (Å²) in [6.45, 7) is 5.55. The first-order valence-corrected chi connectivity index (χ1v) is 10.4. The molecule has 0 unspecified atom stereocenters. The van der Waals surface area contributed by atoms with Crippen LogP contribution in [-0.4, -0.2) is 62.3 Å². The monoisotopic (exact) mass is 407 g/mol. The van der Waals surface area contributed by atoms with E-state index >= 15 is 0 Å². The molecule has 0 aliphatic carbocycles.